The molecule has 0 bridgehead atoms. The number of amides is 1. The molecule has 4 aromatic rings. The summed E-state index contributed by atoms with van der Waals surface area (Å²) in [6.45, 7) is 3.85. The molecular formula is C26H25N7O. The van der Waals surface area contributed by atoms with Crippen LogP contribution in [0.15, 0.2) is 89.2 Å². The summed E-state index contributed by atoms with van der Waals surface area (Å²) in [5.41, 5.74) is 17.3. The number of fused-ring (bicyclic) bond motifs is 1. The largest absolute Gasteiger partial charge is 0.369 e. The number of aromatic nitrogens is 1. The molecule has 0 aliphatic carbocycles. The standard InChI is InChI=1S/C26H25N7O/c1-16-3-12-23-22(15-16)24(13-14-29-23)30-20-10-6-19(7-11-20)25(34)31-21-8-4-18(5-9-21)17(2)32-33-26(27)28/h3-15H,1-2H3,(H,29,30)(H,31,34)(H4,27,28,33)/b32-17+. The Kier molecular flexibility index (Phi) is 6.49. The van der Waals surface area contributed by atoms with Crippen LogP contribution in [0.3, 0.4) is 0 Å². The number of carbonyl (C=O) groups excluding carboxylic acids is 1. The van der Waals surface area contributed by atoms with Gasteiger partial charge < -0.3 is 22.1 Å². The molecule has 1 heterocycles. The fourth-order valence-corrected chi connectivity index (χ4v) is 3.42. The van der Waals surface area contributed by atoms with Gasteiger partial charge in [0, 0.05) is 34.2 Å². The monoisotopic (exact) mass is 451 g/mol. The van der Waals surface area contributed by atoms with E-state index < -0.39 is 0 Å². The van der Waals surface area contributed by atoms with Crippen LogP contribution in [0.4, 0.5) is 17.1 Å². The van der Waals surface area contributed by atoms with E-state index in [0.29, 0.717) is 17.0 Å². The van der Waals surface area contributed by atoms with E-state index in [-0.39, 0.29) is 11.9 Å². The highest BCUT2D eigenvalue weighted by molar-refractivity contribution is 6.05. The molecule has 0 aliphatic rings. The zero-order chi connectivity index (χ0) is 24.1. The Labute approximate surface area is 197 Å². The Bertz CT molecular complexity index is 1390. The molecule has 0 saturated heterocycles. The third-order valence-corrected chi connectivity index (χ3v) is 5.20. The van der Waals surface area contributed by atoms with Crippen molar-refractivity contribution in [1.82, 2.24) is 4.98 Å². The highest BCUT2D eigenvalue weighted by atomic mass is 16.1. The molecule has 4 rings (SSSR count). The van der Waals surface area contributed by atoms with E-state index in [4.69, 9.17) is 11.5 Å². The third kappa shape index (κ3) is 5.36. The van der Waals surface area contributed by atoms with Gasteiger partial charge >= 0.3 is 0 Å². The van der Waals surface area contributed by atoms with Gasteiger partial charge in [-0.2, -0.15) is 5.10 Å². The predicted molar refractivity (Wildman–Crippen MR) is 139 cm³/mol. The maximum atomic E-state index is 12.7. The number of nitrogens with zero attached hydrogens (tertiary/aromatic N) is 3. The first-order chi connectivity index (χ1) is 16.4. The molecule has 34 heavy (non-hydrogen) atoms. The highest BCUT2D eigenvalue weighted by Gasteiger charge is 2.08. The van der Waals surface area contributed by atoms with Gasteiger partial charge in [0.2, 0.25) is 5.96 Å². The van der Waals surface area contributed by atoms with Crippen LogP contribution in [0.1, 0.15) is 28.4 Å². The molecule has 0 saturated carbocycles. The second kappa shape index (κ2) is 9.83. The van der Waals surface area contributed by atoms with E-state index in [1.807, 2.05) is 42.5 Å². The lowest BCUT2D eigenvalue weighted by Crippen LogP contribution is -2.22. The van der Waals surface area contributed by atoms with Crippen LogP contribution in [-0.4, -0.2) is 22.6 Å². The lowest BCUT2D eigenvalue weighted by atomic mass is 10.1. The smallest absolute Gasteiger partial charge is 0.255 e. The van der Waals surface area contributed by atoms with Crippen LogP contribution < -0.4 is 22.1 Å². The van der Waals surface area contributed by atoms with Gasteiger partial charge in [-0.25, -0.2) is 0 Å². The zero-order valence-corrected chi connectivity index (χ0v) is 18.9. The molecular weight excluding hydrogens is 426 g/mol. The van der Waals surface area contributed by atoms with E-state index in [1.165, 1.54) is 5.56 Å². The summed E-state index contributed by atoms with van der Waals surface area (Å²) >= 11 is 0. The summed E-state index contributed by atoms with van der Waals surface area (Å²) in [5, 5.41) is 15.0. The Balaban J connectivity index is 1.43. The van der Waals surface area contributed by atoms with Crippen molar-refractivity contribution in [2.75, 3.05) is 10.6 Å². The first-order valence-corrected chi connectivity index (χ1v) is 10.7. The van der Waals surface area contributed by atoms with Crippen LogP contribution in [-0.2, 0) is 0 Å². The Morgan fingerprint density at radius 2 is 1.53 bits per heavy atom. The van der Waals surface area contributed by atoms with E-state index in [1.54, 1.807) is 37.4 Å². The summed E-state index contributed by atoms with van der Waals surface area (Å²) < 4.78 is 0. The number of pyridine rings is 1. The summed E-state index contributed by atoms with van der Waals surface area (Å²) in [4.78, 5) is 17.1. The number of nitrogens with two attached hydrogens (primary N) is 2. The number of rotatable bonds is 6. The first-order valence-electron chi connectivity index (χ1n) is 10.7. The Hall–Kier alpha value is -4.72. The second-order valence-electron chi connectivity index (χ2n) is 7.82. The van der Waals surface area contributed by atoms with Gasteiger partial charge in [0.05, 0.1) is 11.2 Å². The molecule has 8 heteroatoms. The van der Waals surface area contributed by atoms with Crippen molar-refractivity contribution in [2.24, 2.45) is 21.7 Å². The van der Waals surface area contributed by atoms with Crippen LogP contribution in [0.5, 0.6) is 0 Å². The maximum Gasteiger partial charge on any atom is 0.255 e. The van der Waals surface area contributed by atoms with Gasteiger partial charge in [0.1, 0.15) is 0 Å². The first kappa shape index (κ1) is 22.5. The molecule has 0 atom stereocenters. The van der Waals surface area contributed by atoms with Crippen LogP contribution in [0.25, 0.3) is 10.9 Å². The maximum absolute atomic E-state index is 12.7. The average Bonchev–Trinajstić information content (AvgIpc) is 2.84. The molecule has 6 N–H and O–H groups in total. The number of carbonyl (C=O) groups is 1. The summed E-state index contributed by atoms with van der Waals surface area (Å²) in [6.07, 6.45) is 1.78. The highest BCUT2D eigenvalue weighted by Crippen LogP contribution is 2.26. The molecule has 170 valence electrons. The van der Waals surface area contributed by atoms with Gasteiger partial charge in [0.15, 0.2) is 0 Å². The SMILES string of the molecule is C/C(=N\N=C(N)N)c1ccc(NC(=O)c2ccc(Nc3ccnc4ccc(C)cc34)cc2)cc1. The van der Waals surface area contributed by atoms with Crippen LogP contribution >= 0.6 is 0 Å². The van der Waals surface area contributed by atoms with E-state index in [0.717, 1.165) is 27.8 Å². The van der Waals surface area contributed by atoms with Crippen molar-refractivity contribution >= 4 is 45.5 Å². The minimum absolute atomic E-state index is 0.103. The summed E-state index contributed by atoms with van der Waals surface area (Å²) in [5.74, 6) is -0.302. The quantitative estimate of drug-likeness (QED) is 0.194. The minimum atomic E-state index is -0.199. The molecule has 0 radical (unpaired) electrons. The molecule has 1 aromatic heterocycles. The predicted octanol–water partition coefficient (Wildman–Crippen LogP) is 4.54. The lowest BCUT2D eigenvalue weighted by Gasteiger charge is -2.11. The van der Waals surface area contributed by atoms with Crippen LogP contribution in [0, 0.1) is 6.92 Å². The second-order valence-corrected chi connectivity index (χ2v) is 7.82. The molecule has 3 aromatic carbocycles. The lowest BCUT2D eigenvalue weighted by molar-refractivity contribution is 0.102. The zero-order valence-electron chi connectivity index (χ0n) is 18.9. The normalized spacial score (nSPS) is 11.2. The van der Waals surface area contributed by atoms with E-state index in [9.17, 15) is 4.79 Å². The molecule has 0 aliphatic heterocycles. The number of guanidine groups is 1. The van der Waals surface area contributed by atoms with Gasteiger partial charge in [-0.05, 0) is 74.0 Å². The Morgan fingerprint density at radius 3 is 2.24 bits per heavy atom. The minimum Gasteiger partial charge on any atom is -0.369 e. The van der Waals surface area contributed by atoms with Crippen molar-refractivity contribution in [3.05, 3.63) is 95.7 Å². The summed E-state index contributed by atoms with van der Waals surface area (Å²) in [7, 11) is 0. The molecule has 0 fully saturated rings. The van der Waals surface area contributed by atoms with E-state index >= 15 is 0 Å². The fraction of sp³-hybridized carbons (Fsp3) is 0.0769. The van der Waals surface area contributed by atoms with Gasteiger partial charge in [0.25, 0.3) is 5.91 Å². The van der Waals surface area contributed by atoms with Crippen LogP contribution in [0.2, 0.25) is 0 Å². The number of aryl methyl sites for hydroxylation is 1. The van der Waals surface area contributed by atoms with Gasteiger partial charge in [-0.3, -0.25) is 9.78 Å². The van der Waals surface area contributed by atoms with Gasteiger partial charge in [-0.15, -0.1) is 5.10 Å². The van der Waals surface area contributed by atoms with Gasteiger partial charge in [-0.1, -0.05) is 23.8 Å². The Morgan fingerprint density at radius 1 is 0.853 bits per heavy atom. The van der Waals surface area contributed by atoms with Crippen molar-refractivity contribution in [2.45, 2.75) is 13.8 Å². The molecule has 0 unspecified atom stereocenters. The number of anilines is 3. The molecule has 1 amide bonds. The molecule has 0 spiro atoms. The van der Waals surface area contributed by atoms with Crippen molar-refractivity contribution in [3.63, 3.8) is 0 Å². The number of nitrogens with one attached hydrogen (secondary N) is 2. The molecule has 8 nitrogen and oxygen atoms in total. The number of benzene rings is 3. The van der Waals surface area contributed by atoms with Crippen molar-refractivity contribution in [1.29, 1.82) is 0 Å². The fourth-order valence-electron chi connectivity index (χ4n) is 3.42. The van der Waals surface area contributed by atoms with Crippen molar-refractivity contribution in [3.8, 4) is 0 Å². The van der Waals surface area contributed by atoms with E-state index in [2.05, 4.69) is 38.8 Å². The topological polar surface area (TPSA) is 131 Å². The average molecular weight is 452 g/mol. The summed E-state index contributed by atoms with van der Waals surface area (Å²) in [6, 6.07) is 22.7. The third-order valence-electron chi connectivity index (χ3n) is 5.20. The number of hydrogen-bond acceptors (Lipinski definition) is 5. The number of hydrogen-bond donors (Lipinski definition) is 4. The van der Waals surface area contributed by atoms with Crippen molar-refractivity contribution < 1.29 is 4.79 Å².